The first kappa shape index (κ1) is 16.6. The summed E-state index contributed by atoms with van der Waals surface area (Å²) in [7, 11) is 0. The van der Waals surface area contributed by atoms with Gasteiger partial charge in [0.15, 0.2) is 0 Å². The van der Waals surface area contributed by atoms with E-state index >= 15 is 0 Å². The molecule has 0 radical (unpaired) electrons. The van der Waals surface area contributed by atoms with Crippen LogP contribution in [-0.4, -0.2) is 12.5 Å². The lowest BCUT2D eigenvalue weighted by Gasteiger charge is -2.21. The van der Waals surface area contributed by atoms with E-state index in [1.807, 2.05) is 36.4 Å². The van der Waals surface area contributed by atoms with Gasteiger partial charge in [-0.2, -0.15) is 0 Å². The minimum atomic E-state index is 0.0705. The van der Waals surface area contributed by atoms with E-state index in [1.165, 1.54) is 31.2 Å². The average Bonchev–Trinajstić information content (AvgIpc) is 3.13. The minimum Gasteiger partial charge on any atom is -0.376 e. The Kier molecular flexibility index (Phi) is 5.89. The Balaban J connectivity index is 1.60. The summed E-state index contributed by atoms with van der Waals surface area (Å²) in [5, 5.41) is 6.66. The van der Waals surface area contributed by atoms with Gasteiger partial charge in [0, 0.05) is 18.7 Å². The number of anilines is 1. The molecule has 3 nitrogen and oxygen atoms in total. The summed E-state index contributed by atoms with van der Waals surface area (Å²) >= 11 is 0. The topological polar surface area (TPSA) is 41.1 Å². The third-order valence-electron chi connectivity index (χ3n) is 4.77. The summed E-state index contributed by atoms with van der Waals surface area (Å²) in [6.07, 6.45) is 5.64. The van der Waals surface area contributed by atoms with E-state index in [4.69, 9.17) is 0 Å². The number of amides is 1. The number of benzene rings is 2. The first-order chi connectivity index (χ1) is 11.8. The van der Waals surface area contributed by atoms with Crippen LogP contribution in [-0.2, 0) is 4.79 Å². The summed E-state index contributed by atoms with van der Waals surface area (Å²) in [6, 6.07) is 20.5. The lowest BCUT2D eigenvalue weighted by atomic mass is 10.0. The highest BCUT2D eigenvalue weighted by atomic mass is 16.1. The third-order valence-corrected chi connectivity index (χ3v) is 4.77. The van der Waals surface area contributed by atoms with Crippen LogP contribution in [0.5, 0.6) is 0 Å². The van der Waals surface area contributed by atoms with E-state index in [9.17, 15) is 4.79 Å². The summed E-state index contributed by atoms with van der Waals surface area (Å²) < 4.78 is 0. The lowest BCUT2D eigenvalue weighted by molar-refractivity contribution is -0.122. The van der Waals surface area contributed by atoms with Crippen molar-refractivity contribution in [3.8, 4) is 0 Å². The van der Waals surface area contributed by atoms with Crippen LogP contribution in [0.2, 0.25) is 0 Å². The zero-order chi connectivity index (χ0) is 16.6. The van der Waals surface area contributed by atoms with E-state index in [0.717, 1.165) is 5.69 Å². The Bertz CT molecular complexity index is 621. The van der Waals surface area contributed by atoms with Crippen molar-refractivity contribution in [1.82, 2.24) is 5.32 Å². The van der Waals surface area contributed by atoms with Crippen LogP contribution in [0.4, 0.5) is 5.69 Å². The molecule has 1 fully saturated rings. The minimum absolute atomic E-state index is 0.0705. The highest BCUT2D eigenvalue weighted by Gasteiger charge is 2.19. The molecule has 0 heterocycles. The standard InChI is InChI=1S/C21H26N2O/c24-21(15-17-9-7-8-10-17)22-16-20(18-11-3-1-4-12-18)23-19-13-5-2-6-14-19/h1-6,11-14,17,20,23H,7-10,15-16H2,(H,22,24). The quantitative estimate of drug-likeness (QED) is 0.786. The number of nitrogens with one attached hydrogen (secondary N) is 2. The number of hydrogen-bond donors (Lipinski definition) is 2. The van der Waals surface area contributed by atoms with Gasteiger partial charge in [0.2, 0.25) is 5.91 Å². The normalized spacial score (nSPS) is 15.8. The molecule has 0 bridgehead atoms. The van der Waals surface area contributed by atoms with Crippen molar-refractivity contribution < 1.29 is 4.79 Å². The molecule has 0 aliphatic heterocycles. The van der Waals surface area contributed by atoms with Crippen LogP contribution >= 0.6 is 0 Å². The van der Waals surface area contributed by atoms with Crippen LogP contribution in [0.1, 0.15) is 43.7 Å². The molecule has 1 unspecified atom stereocenters. The zero-order valence-corrected chi connectivity index (χ0v) is 14.1. The van der Waals surface area contributed by atoms with Crippen molar-refractivity contribution in [1.29, 1.82) is 0 Å². The predicted molar refractivity (Wildman–Crippen MR) is 98.8 cm³/mol. The second-order valence-corrected chi connectivity index (χ2v) is 6.63. The lowest BCUT2D eigenvalue weighted by Crippen LogP contribution is -2.32. The first-order valence-electron chi connectivity index (χ1n) is 8.94. The number of para-hydroxylation sites is 1. The van der Waals surface area contributed by atoms with E-state index in [1.54, 1.807) is 0 Å². The number of carbonyl (C=O) groups is 1. The number of hydrogen-bond acceptors (Lipinski definition) is 2. The average molecular weight is 322 g/mol. The van der Waals surface area contributed by atoms with Gasteiger partial charge in [-0.3, -0.25) is 4.79 Å². The summed E-state index contributed by atoms with van der Waals surface area (Å²) in [6.45, 7) is 0.602. The largest absolute Gasteiger partial charge is 0.376 e. The third kappa shape index (κ3) is 4.85. The van der Waals surface area contributed by atoms with Crippen molar-refractivity contribution in [3.05, 3.63) is 66.2 Å². The van der Waals surface area contributed by atoms with E-state index in [-0.39, 0.29) is 11.9 Å². The molecule has 0 spiro atoms. The van der Waals surface area contributed by atoms with Gasteiger partial charge in [-0.05, 0) is 36.5 Å². The molecule has 2 aromatic rings. The predicted octanol–water partition coefficient (Wildman–Crippen LogP) is 4.54. The van der Waals surface area contributed by atoms with Crippen LogP contribution in [0.3, 0.4) is 0 Å². The molecule has 3 rings (SSSR count). The van der Waals surface area contributed by atoms with Crippen molar-refractivity contribution in [3.63, 3.8) is 0 Å². The maximum atomic E-state index is 12.2. The Morgan fingerprint density at radius 1 is 0.958 bits per heavy atom. The van der Waals surface area contributed by atoms with Gasteiger partial charge in [-0.25, -0.2) is 0 Å². The summed E-state index contributed by atoms with van der Waals surface area (Å²) in [5.74, 6) is 0.764. The van der Waals surface area contributed by atoms with Gasteiger partial charge in [0.25, 0.3) is 0 Å². The van der Waals surface area contributed by atoms with E-state index in [2.05, 4.69) is 34.9 Å². The first-order valence-corrected chi connectivity index (χ1v) is 8.94. The second-order valence-electron chi connectivity index (χ2n) is 6.63. The van der Waals surface area contributed by atoms with Gasteiger partial charge >= 0.3 is 0 Å². The number of rotatable bonds is 7. The molecule has 0 saturated heterocycles. The monoisotopic (exact) mass is 322 g/mol. The Labute approximate surface area is 144 Å². The highest BCUT2D eigenvalue weighted by molar-refractivity contribution is 5.76. The fourth-order valence-corrected chi connectivity index (χ4v) is 3.44. The molecule has 1 aliphatic rings. The molecule has 2 aromatic carbocycles. The smallest absolute Gasteiger partial charge is 0.220 e. The molecule has 24 heavy (non-hydrogen) atoms. The van der Waals surface area contributed by atoms with Crippen LogP contribution in [0, 0.1) is 5.92 Å². The van der Waals surface area contributed by atoms with Crippen molar-refractivity contribution in [2.45, 2.75) is 38.1 Å². The van der Waals surface area contributed by atoms with Crippen molar-refractivity contribution in [2.24, 2.45) is 5.92 Å². The SMILES string of the molecule is O=C(CC1CCCC1)NCC(Nc1ccccc1)c1ccccc1. The van der Waals surface area contributed by atoms with E-state index < -0.39 is 0 Å². The molecule has 1 atom stereocenters. The fraction of sp³-hybridized carbons (Fsp3) is 0.381. The molecule has 1 amide bonds. The Hall–Kier alpha value is -2.29. The molecular formula is C21H26N2O. The molecular weight excluding hydrogens is 296 g/mol. The van der Waals surface area contributed by atoms with Crippen LogP contribution in [0.25, 0.3) is 0 Å². The van der Waals surface area contributed by atoms with Crippen LogP contribution < -0.4 is 10.6 Å². The molecule has 3 heteroatoms. The highest BCUT2D eigenvalue weighted by Crippen LogP contribution is 2.27. The van der Waals surface area contributed by atoms with Gasteiger partial charge in [-0.1, -0.05) is 61.4 Å². The molecule has 0 aromatic heterocycles. The second kappa shape index (κ2) is 8.53. The van der Waals surface area contributed by atoms with Crippen molar-refractivity contribution in [2.75, 3.05) is 11.9 Å². The van der Waals surface area contributed by atoms with Crippen LogP contribution in [0.15, 0.2) is 60.7 Å². The van der Waals surface area contributed by atoms with Gasteiger partial charge in [0.05, 0.1) is 6.04 Å². The fourth-order valence-electron chi connectivity index (χ4n) is 3.44. The molecule has 2 N–H and O–H groups in total. The van der Waals surface area contributed by atoms with Gasteiger partial charge < -0.3 is 10.6 Å². The Morgan fingerprint density at radius 3 is 2.25 bits per heavy atom. The molecule has 1 aliphatic carbocycles. The maximum Gasteiger partial charge on any atom is 0.220 e. The molecule has 1 saturated carbocycles. The summed E-state index contributed by atoms with van der Waals surface area (Å²) in [4.78, 5) is 12.2. The van der Waals surface area contributed by atoms with Crippen molar-refractivity contribution >= 4 is 11.6 Å². The van der Waals surface area contributed by atoms with Gasteiger partial charge in [-0.15, -0.1) is 0 Å². The zero-order valence-electron chi connectivity index (χ0n) is 14.1. The summed E-state index contributed by atoms with van der Waals surface area (Å²) in [5.41, 5.74) is 2.25. The van der Waals surface area contributed by atoms with Gasteiger partial charge in [0.1, 0.15) is 0 Å². The number of carbonyl (C=O) groups excluding carboxylic acids is 1. The molecule has 126 valence electrons. The van der Waals surface area contributed by atoms with E-state index in [0.29, 0.717) is 18.9 Å². The maximum absolute atomic E-state index is 12.2. The Morgan fingerprint density at radius 2 is 1.58 bits per heavy atom.